The van der Waals surface area contributed by atoms with Crippen molar-refractivity contribution in [3.63, 3.8) is 0 Å². The maximum absolute atomic E-state index is 13.7. The molecule has 24 heavy (non-hydrogen) atoms. The van der Waals surface area contributed by atoms with Gasteiger partial charge in [-0.25, -0.2) is 4.39 Å². The third kappa shape index (κ3) is 3.89. The standard InChI is InChI=1S/C19H22ClFN2O/c1-24-19-14(10-15(21)11-16(19)20)12-23-17-8-5-9-22-18(17)13-6-3-2-4-7-13/h2-4,6-7,10-11,17-18,22-23H,5,8-9,12H2,1H3/t17-,18-/m1/s1. The van der Waals surface area contributed by atoms with Crippen LogP contribution in [0.1, 0.15) is 30.0 Å². The van der Waals surface area contributed by atoms with Crippen molar-refractivity contribution in [2.45, 2.75) is 31.5 Å². The third-order valence-electron chi connectivity index (χ3n) is 4.46. The molecular formula is C19H22ClFN2O. The van der Waals surface area contributed by atoms with E-state index in [4.69, 9.17) is 16.3 Å². The number of rotatable bonds is 5. The minimum Gasteiger partial charge on any atom is -0.495 e. The van der Waals surface area contributed by atoms with Gasteiger partial charge in [-0.2, -0.15) is 0 Å². The molecule has 1 heterocycles. The van der Waals surface area contributed by atoms with E-state index in [2.05, 4.69) is 34.9 Å². The summed E-state index contributed by atoms with van der Waals surface area (Å²) in [5.41, 5.74) is 2.00. The Balaban J connectivity index is 1.75. The quantitative estimate of drug-likeness (QED) is 0.854. The van der Waals surface area contributed by atoms with E-state index in [9.17, 15) is 4.39 Å². The first-order chi connectivity index (χ1) is 11.7. The molecule has 2 aromatic carbocycles. The predicted molar refractivity (Wildman–Crippen MR) is 95.0 cm³/mol. The fraction of sp³-hybridized carbons (Fsp3) is 0.368. The number of nitrogens with one attached hydrogen (secondary N) is 2. The van der Waals surface area contributed by atoms with Gasteiger partial charge in [0.15, 0.2) is 0 Å². The first kappa shape index (κ1) is 17.2. The molecule has 1 aliphatic heterocycles. The molecule has 0 radical (unpaired) electrons. The van der Waals surface area contributed by atoms with E-state index in [1.807, 2.05) is 6.07 Å². The Hall–Kier alpha value is -1.62. The van der Waals surface area contributed by atoms with Crippen molar-refractivity contribution in [3.8, 4) is 5.75 Å². The summed E-state index contributed by atoms with van der Waals surface area (Å²) in [6, 6.07) is 13.7. The maximum Gasteiger partial charge on any atom is 0.142 e. The fourth-order valence-corrected chi connectivity index (χ4v) is 3.64. The SMILES string of the molecule is COc1c(Cl)cc(F)cc1CN[C@@H]1CCCN[C@@H]1c1ccccc1. The zero-order valence-electron chi connectivity index (χ0n) is 13.7. The highest BCUT2D eigenvalue weighted by atomic mass is 35.5. The molecule has 3 nitrogen and oxygen atoms in total. The lowest BCUT2D eigenvalue weighted by atomic mass is 9.92. The average Bonchev–Trinajstić information content (AvgIpc) is 2.60. The van der Waals surface area contributed by atoms with E-state index < -0.39 is 0 Å². The maximum atomic E-state index is 13.7. The Labute approximate surface area is 147 Å². The fourth-order valence-electron chi connectivity index (χ4n) is 3.33. The minimum absolute atomic E-state index is 0.245. The molecule has 1 saturated heterocycles. The van der Waals surface area contributed by atoms with Crippen molar-refractivity contribution >= 4 is 11.6 Å². The molecule has 2 N–H and O–H groups in total. The van der Waals surface area contributed by atoms with E-state index in [0.29, 0.717) is 17.3 Å². The Morgan fingerprint density at radius 1 is 1.29 bits per heavy atom. The third-order valence-corrected chi connectivity index (χ3v) is 4.74. The summed E-state index contributed by atoms with van der Waals surface area (Å²) in [7, 11) is 1.55. The predicted octanol–water partition coefficient (Wildman–Crippen LogP) is 4.07. The van der Waals surface area contributed by atoms with E-state index >= 15 is 0 Å². The Morgan fingerprint density at radius 2 is 2.08 bits per heavy atom. The Kier molecular flexibility index (Phi) is 5.72. The smallest absolute Gasteiger partial charge is 0.142 e. The summed E-state index contributed by atoms with van der Waals surface area (Å²) < 4.78 is 19.0. The van der Waals surface area contributed by atoms with Crippen LogP contribution in [0, 0.1) is 5.82 Å². The molecule has 0 aliphatic carbocycles. The largest absolute Gasteiger partial charge is 0.495 e. The Morgan fingerprint density at radius 3 is 2.83 bits per heavy atom. The van der Waals surface area contributed by atoms with Crippen molar-refractivity contribution in [1.82, 2.24) is 10.6 Å². The molecule has 0 aromatic heterocycles. The number of piperidine rings is 1. The summed E-state index contributed by atoms with van der Waals surface area (Å²) in [6.07, 6.45) is 2.18. The average molecular weight is 349 g/mol. The number of hydrogen-bond donors (Lipinski definition) is 2. The van der Waals surface area contributed by atoms with Crippen molar-refractivity contribution in [3.05, 3.63) is 64.4 Å². The van der Waals surface area contributed by atoms with Crippen LogP contribution in [0.4, 0.5) is 4.39 Å². The molecule has 3 rings (SSSR count). The summed E-state index contributed by atoms with van der Waals surface area (Å²) in [6.45, 7) is 1.52. The normalized spacial score (nSPS) is 20.8. The molecule has 128 valence electrons. The van der Waals surface area contributed by atoms with Crippen molar-refractivity contribution in [1.29, 1.82) is 0 Å². The molecule has 1 aliphatic rings. The molecule has 0 amide bonds. The van der Waals surface area contributed by atoms with Gasteiger partial charge in [-0.1, -0.05) is 41.9 Å². The highest BCUT2D eigenvalue weighted by Gasteiger charge is 2.26. The molecule has 0 spiro atoms. The number of benzene rings is 2. The molecule has 2 aromatic rings. The molecule has 0 bridgehead atoms. The molecule has 0 saturated carbocycles. The molecule has 5 heteroatoms. The van der Waals surface area contributed by atoms with Gasteiger partial charge < -0.3 is 15.4 Å². The van der Waals surface area contributed by atoms with Crippen LogP contribution in [0.2, 0.25) is 5.02 Å². The van der Waals surface area contributed by atoms with Gasteiger partial charge in [0.05, 0.1) is 12.1 Å². The van der Waals surface area contributed by atoms with Gasteiger partial charge in [-0.3, -0.25) is 0 Å². The van der Waals surface area contributed by atoms with Gasteiger partial charge >= 0.3 is 0 Å². The van der Waals surface area contributed by atoms with E-state index in [1.165, 1.54) is 17.7 Å². The lowest BCUT2D eigenvalue weighted by molar-refractivity contribution is 0.302. The van der Waals surface area contributed by atoms with E-state index in [-0.39, 0.29) is 17.9 Å². The van der Waals surface area contributed by atoms with Crippen molar-refractivity contribution in [2.75, 3.05) is 13.7 Å². The van der Waals surface area contributed by atoms with Crippen LogP contribution in [0.15, 0.2) is 42.5 Å². The first-order valence-corrected chi connectivity index (χ1v) is 8.60. The second kappa shape index (κ2) is 7.97. The van der Waals surface area contributed by atoms with Crippen LogP contribution in [0.5, 0.6) is 5.75 Å². The lowest BCUT2D eigenvalue weighted by Crippen LogP contribution is -2.45. The Bertz CT molecular complexity index is 681. The first-order valence-electron chi connectivity index (χ1n) is 8.22. The van der Waals surface area contributed by atoms with Crippen LogP contribution in [0.25, 0.3) is 0 Å². The molecule has 0 unspecified atom stereocenters. The topological polar surface area (TPSA) is 33.3 Å². The minimum atomic E-state index is -0.348. The van der Waals surface area contributed by atoms with Gasteiger partial charge in [0.25, 0.3) is 0 Å². The van der Waals surface area contributed by atoms with Gasteiger partial charge in [-0.05, 0) is 37.1 Å². The summed E-state index contributed by atoms with van der Waals surface area (Å²) in [5.74, 6) is 0.185. The van der Waals surface area contributed by atoms with Crippen LogP contribution >= 0.6 is 11.6 Å². The zero-order chi connectivity index (χ0) is 16.9. The van der Waals surface area contributed by atoms with Gasteiger partial charge in [0.1, 0.15) is 11.6 Å². The zero-order valence-corrected chi connectivity index (χ0v) is 14.4. The molecular weight excluding hydrogens is 327 g/mol. The van der Waals surface area contributed by atoms with Crippen molar-refractivity contribution < 1.29 is 9.13 Å². The van der Waals surface area contributed by atoms with Gasteiger partial charge in [0, 0.05) is 24.2 Å². The number of methoxy groups -OCH3 is 1. The van der Waals surface area contributed by atoms with Crippen LogP contribution in [0.3, 0.4) is 0 Å². The van der Waals surface area contributed by atoms with E-state index in [0.717, 1.165) is 24.9 Å². The summed E-state index contributed by atoms with van der Waals surface area (Å²) >= 11 is 6.08. The number of halogens is 2. The van der Waals surface area contributed by atoms with E-state index in [1.54, 1.807) is 7.11 Å². The van der Waals surface area contributed by atoms with Crippen LogP contribution in [-0.2, 0) is 6.54 Å². The molecule has 2 atom stereocenters. The number of hydrogen-bond acceptors (Lipinski definition) is 3. The number of ether oxygens (including phenoxy) is 1. The second-order valence-corrected chi connectivity index (χ2v) is 6.46. The van der Waals surface area contributed by atoms with Gasteiger partial charge in [-0.15, -0.1) is 0 Å². The lowest BCUT2D eigenvalue weighted by Gasteiger charge is -2.34. The highest BCUT2D eigenvalue weighted by Crippen LogP contribution is 2.30. The summed E-state index contributed by atoms with van der Waals surface area (Å²) in [4.78, 5) is 0. The second-order valence-electron chi connectivity index (χ2n) is 6.05. The monoisotopic (exact) mass is 348 g/mol. The molecule has 1 fully saturated rings. The summed E-state index contributed by atoms with van der Waals surface area (Å²) in [5, 5.41) is 7.43. The van der Waals surface area contributed by atoms with Gasteiger partial charge in [0.2, 0.25) is 0 Å². The van der Waals surface area contributed by atoms with Crippen LogP contribution < -0.4 is 15.4 Å². The van der Waals surface area contributed by atoms with Crippen molar-refractivity contribution in [2.24, 2.45) is 0 Å². The highest BCUT2D eigenvalue weighted by molar-refractivity contribution is 6.32. The van der Waals surface area contributed by atoms with Crippen LogP contribution in [-0.4, -0.2) is 19.7 Å².